The van der Waals surface area contributed by atoms with Crippen LogP contribution in [0, 0.1) is 5.92 Å². The number of para-hydroxylation sites is 2. The number of carbonyl (C=O) groups is 2. The van der Waals surface area contributed by atoms with E-state index >= 15 is 0 Å². The lowest BCUT2D eigenvalue weighted by atomic mass is 9.86. The van der Waals surface area contributed by atoms with Gasteiger partial charge in [0.05, 0.1) is 5.92 Å². The van der Waals surface area contributed by atoms with Crippen LogP contribution in [0.4, 0.5) is 5.69 Å². The zero-order valence-electron chi connectivity index (χ0n) is 18.5. The second kappa shape index (κ2) is 8.41. The van der Waals surface area contributed by atoms with E-state index in [0.29, 0.717) is 43.1 Å². The van der Waals surface area contributed by atoms with Gasteiger partial charge in [-0.1, -0.05) is 36.4 Å². The van der Waals surface area contributed by atoms with Crippen molar-refractivity contribution in [2.24, 2.45) is 5.92 Å². The molecular formula is C27H24N2O5. The van der Waals surface area contributed by atoms with Gasteiger partial charge in [0.25, 0.3) is 0 Å². The molecule has 0 unspecified atom stereocenters. The Labute approximate surface area is 197 Å². The van der Waals surface area contributed by atoms with E-state index in [2.05, 4.69) is 5.32 Å². The number of rotatable bonds is 3. The summed E-state index contributed by atoms with van der Waals surface area (Å²) in [4.78, 5) is 28.5. The van der Waals surface area contributed by atoms with E-state index in [1.165, 1.54) is 0 Å². The molecule has 0 aromatic heterocycles. The van der Waals surface area contributed by atoms with Crippen LogP contribution in [0.3, 0.4) is 0 Å². The molecule has 7 heteroatoms. The van der Waals surface area contributed by atoms with E-state index in [1.807, 2.05) is 59.5 Å². The predicted molar refractivity (Wildman–Crippen MR) is 125 cm³/mol. The van der Waals surface area contributed by atoms with Gasteiger partial charge < -0.3 is 24.4 Å². The van der Waals surface area contributed by atoms with Crippen LogP contribution in [0.5, 0.6) is 23.0 Å². The highest BCUT2D eigenvalue weighted by Crippen LogP contribution is 2.45. The number of benzene rings is 3. The average molecular weight is 456 g/mol. The maximum Gasteiger partial charge on any atom is 0.234 e. The fourth-order valence-electron chi connectivity index (χ4n) is 4.94. The maximum absolute atomic E-state index is 13.7. The summed E-state index contributed by atoms with van der Waals surface area (Å²) in [7, 11) is 0. The highest BCUT2D eigenvalue weighted by atomic mass is 16.7. The van der Waals surface area contributed by atoms with E-state index in [0.717, 1.165) is 22.6 Å². The zero-order chi connectivity index (χ0) is 23.1. The number of nitrogens with zero attached hydrogens (tertiary/aromatic N) is 1. The zero-order valence-corrected chi connectivity index (χ0v) is 18.5. The number of hydrogen-bond donors (Lipinski definition) is 1. The van der Waals surface area contributed by atoms with Gasteiger partial charge in [-0.3, -0.25) is 9.59 Å². The van der Waals surface area contributed by atoms with E-state index in [-0.39, 0.29) is 24.5 Å². The normalized spacial score (nSPS) is 16.9. The van der Waals surface area contributed by atoms with Gasteiger partial charge in [0.1, 0.15) is 11.5 Å². The first-order chi connectivity index (χ1) is 16.7. The molecule has 0 saturated carbocycles. The van der Waals surface area contributed by atoms with Crippen LogP contribution in [0.2, 0.25) is 0 Å². The van der Waals surface area contributed by atoms with E-state index in [4.69, 9.17) is 14.2 Å². The van der Waals surface area contributed by atoms with Crippen molar-refractivity contribution in [1.82, 2.24) is 4.90 Å². The SMILES string of the molecule is O=C(Nc1ccc2c(c1)OCO2)C1CCN(C(=O)C2c3ccccc3Oc3ccccc32)CC1. The van der Waals surface area contributed by atoms with Crippen molar-refractivity contribution in [3.63, 3.8) is 0 Å². The summed E-state index contributed by atoms with van der Waals surface area (Å²) in [6, 6.07) is 20.8. The maximum atomic E-state index is 13.7. The average Bonchev–Trinajstić information content (AvgIpc) is 3.35. The van der Waals surface area contributed by atoms with Crippen LogP contribution in [-0.4, -0.2) is 36.6 Å². The van der Waals surface area contributed by atoms with Crippen molar-refractivity contribution < 1.29 is 23.8 Å². The molecule has 3 aromatic rings. The van der Waals surface area contributed by atoms with Gasteiger partial charge >= 0.3 is 0 Å². The molecule has 0 atom stereocenters. The highest BCUT2D eigenvalue weighted by Gasteiger charge is 2.37. The number of likely N-dealkylation sites (tertiary alicyclic amines) is 1. The van der Waals surface area contributed by atoms with Crippen LogP contribution >= 0.6 is 0 Å². The van der Waals surface area contributed by atoms with Crippen LogP contribution in [0.25, 0.3) is 0 Å². The van der Waals surface area contributed by atoms with Gasteiger partial charge in [-0.15, -0.1) is 0 Å². The lowest BCUT2D eigenvalue weighted by molar-refractivity contribution is -0.135. The van der Waals surface area contributed by atoms with Gasteiger partial charge in [-0.05, 0) is 37.1 Å². The quantitative estimate of drug-likeness (QED) is 0.627. The smallest absolute Gasteiger partial charge is 0.234 e. The minimum Gasteiger partial charge on any atom is -0.457 e. The Hall–Kier alpha value is -4.00. The number of anilines is 1. The van der Waals surface area contributed by atoms with Gasteiger partial charge in [0.2, 0.25) is 18.6 Å². The Balaban J connectivity index is 1.14. The summed E-state index contributed by atoms with van der Waals surface area (Å²) in [6.45, 7) is 1.28. The van der Waals surface area contributed by atoms with Gasteiger partial charge in [0.15, 0.2) is 11.5 Å². The predicted octanol–water partition coefficient (Wildman–Crippen LogP) is 4.53. The molecule has 1 saturated heterocycles. The minimum atomic E-state index is -0.403. The van der Waals surface area contributed by atoms with Crippen molar-refractivity contribution in [2.45, 2.75) is 18.8 Å². The molecule has 172 valence electrons. The molecule has 3 aliphatic rings. The first kappa shape index (κ1) is 20.6. The van der Waals surface area contributed by atoms with E-state index < -0.39 is 5.92 Å². The molecule has 1 N–H and O–H groups in total. The third-order valence-corrected chi connectivity index (χ3v) is 6.74. The summed E-state index contributed by atoms with van der Waals surface area (Å²) in [5.74, 6) is 2.22. The number of nitrogens with one attached hydrogen (secondary N) is 1. The number of hydrogen-bond acceptors (Lipinski definition) is 5. The first-order valence-corrected chi connectivity index (χ1v) is 11.5. The molecule has 0 bridgehead atoms. The lowest BCUT2D eigenvalue weighted by Crippen LogP contribution is -2.44. The molecule has 3 heterocycles. The molecular weight excluding hydrogens is 432 g/mol. The van der Waals surface area contributed by atoms with Gasteiger partial charge in [0, 0.05) is 41.9 Å². The minimum absolute atomic E-state index is 0.0345. The van der Waals surface area contributed by atoms with E-state index in [1.54, 1.807) is 12.1 Å². The van der Waals surface area contributed by atoms with Crippen molar-refractivity contribution in [1.29, 1.82) is 0 Å². The van der Waals surface area contributed by atoms with Crippen LogP contribution in [-0.2, 0) is 9.59 Å². The Morgan fingerprint density at radius 3 is 2.15 bits per heavy atom. The number of ether oxygens (including phenoxy) is 3. The third-order valence-electron chi connectivity index (χ3n) is 6.74. The number of amides is 2. The standard InChI is InChI=1S/C27H24N2O5/c30-26(28-18-9-10-23-24(15-18)33-16-32-23)17-11-13-29(14-12-17)27(31)25-19-5-1-3-7-21(19)34-22-8-4-2-6-20(22)25/h1-10,15,17,25H,11-14,16H2,(H,28,30). The van der Waals surface area contributed by atoms with Crippen LogP contribution < -0.4 is 19.5 Å². The molecule has 7 nitrogen and oxygen atoms in total. The molecule has 3 aromatic carbocycles. The Morgan fingerprint density at radius 1 is 0.794 bits per heavy atom. The largest absolute Gasteiger partial charge is 0.457 e. The number of carbonyl (C=O) groups excluding carboxylic acids is 2. The topological polar surface area (TPSA) is 77.1 Å². The number of piperidine rings is 1. The van der Waals surface area contributed by atoms with Gasteiger partial charge in [-0.25, -0.2) is 0 Å². The molecule has 0 aliphatic carbocycles. The summed E-state index contributed by atoms with van der Waals surface area (Å²) in [5.41, 5.74) is 2.45. The summed E-state index contributed by atoms with van der Waals surface area (Å²) >= 11 is 0. The molecule has 1 fully saturated rings. The Kier molecular flexibility index (Phi) is 5.09. The molecule has 3 aliphatic heterocycles. The second-order valence-corrected chi connectivity index (χ2v) is 8.77. The highest BCUT2D eigenvalue weighted by molar-refractivity contribution is 5.93. The first-order valence-electron chi connectivity index (χ1n) is 11.5. The lowest BCUT2D eigenvalue weighted by Gasteiger charge is -2.36. The fourth-order valence-corrected chi connectivity index (χ4v) is 4.94. The molecule has 2 amide bonds. The monoisotopic (exact) mass is 456 g/mol. The van der Waals surface area contributed by atoms with Crippen molar-refractivity contribution in [3.05, 3.63) is 77.9 Å². The van der Waals surface area contributed by atoms with Crippen molar-refractivity contribution in [2.75, 3.05) is 25.2 Å². The van der Waals surface area contributed by atoms with E-state index in [9.17, 15) is 9.59 Å². The fraction of sp³-hybridized carbons (Fsp3) is 0.259. The third kappa shape index (κ3) is 3.63. The molecule has 34 heavy (non-hydrogen) atoms. The Bertz CT molecular complexity index is 1220. The summed E-state index contributed by atoms with van der Waals surface area (Å²) < 4.78 is 16.7. The van der Waals surface area contributed by atoms with Crippen LogP contribution in [0.15, 0.2) is 66.7 Å². The van der Waals surface area contributed by atoms with Crippen molar-refractivity contribution >= 4 is 17.5 Å². The summed E-state index contributed by atoms with van der Waals surface area (Å²) in [5, 5.41) is 2.98. The molecule has 0 spiro atoms. The van der Waals surface area contributed by atoms with Crippen molar-refractivity contribution in [3.8, 4) is 23.0 Å². The Morgan fingerprint density at radius 2 is 1.44 bits per heavy atom. The van der Waals surface area contributed by atoms with Gasteiger partial charge in [-0.2, -0.15) is 0 Å². The number of fused-ring (bicyclic) bond motifs is 3. The van der Waals surface area contributed by atoms with Crippen LogP contribution in [0.1, 0.15) is 29.9 Å². The molecule has 6 rings (SSSR count). The summed E-state index contributed by atoms with van der Waals surface area (Å²) in [6.07, 6.45) is 1.24. The second-order valence-electron chi connectivity index (χ2n) is 8.77. The molecule has 0 radical (unpaired) electrons.